The van der Waals surface area contributed by atoms with E-state index in [1.807, 2.05) is 0 Å². The molecule has 1 heterocycles. The number of nitrogens with one attached hydrogen (secondary N) is 1. The summed E-state index contributed by atoms with van der Waals surface area (Å²) in [5.74, 6) is -0.871. The molecule has 1 rings (SSSR count). The summed E-state index contributed by atoms with van der Waals surface area (Å²) in [5.41, 5.74) is -0.0647. The highest BCUT2D eigenvalue weighted by Crippen LogP contribution is 2.25. The molecule has 1 aliphatic heterocycles. The Kier molecular flexibility index (Phi) is 6.05. The van der Waals surface area contributed by atoms with Crippen molar-refractivity contribution in [2.24, 2.45) is 5.41 Å². The van der Waals surface area contributed by atoms with Gasteiger partial charge in [-0.3, -0.25) is 0 Å². The van der Waals surface area contributed by atoms with E-state index in [0.717, 1.165) is 25.8 Å². The van der Waals surface area contributed by atoms with Crippen molar-refractivity contribution in [3.05, 3.63) is 0 Å². The minimum atomic E-state index is -0.871. The van der Waals surface area contributed by atoms with Gasteiger partial charge in [-0.2, -0.15) is 0 Å². The second-order valence-corrected chi connectivity index (χ2v) is 5.16. The smallest absolute Gasteiger partial charge is 0.332 e. The number of aliphatic hydroxyl groups excluding tert-OH is 1. The number of aliphatic carboxylic acids is 1. The summed E-state index contributed by atoms with van der Waals surface area (Å²) in [5, 5.41) is 21.6. The Bertz CT molecular complexity index is 257. The van der Waals surface area contributed by atoms with E-state index < -0.39 is 12.1 Å². The first-order valence-electron chi connectivity index (χ1n) is 6.76. The maximum atomic E-state index is 10.7. The summed E-state index contributed by atoms with van der Waals surface area (Å²) in [7, 11) is 0. The number of hydrogen-bond acceptors (Lipinski definition) is 4. The van der Waals surface area contributed by atoms with Crippen LogP contribution in [0, 0.1) is 5.41 Å². The molecule has 1 aliphatic rings. The van der Waals surface area contributed by atoms with Crippen molar-refractivity contribution in [3.63, 3.8) is 0 Å². The zero-order valence-electron chi connectivity index (χ0n) is 11.3. The molecular weight excluding hydrogens is 234 g/mol. The van der Waals surface area contributed by atoms with Gasteiger partial charge < -0.3 is 20.3 Å². The Balaban J connectivity index is 2.28. The molecule has 0 spiro atoms. The lowest BCUT2D eigenvalue weighted by molar-refractivity contribution is -0.149. The van der Waals surface area contributed by atoms with Crippen molar-refractivity contribution >= 4 is 5.97 Å². The van der Waals surface area contributed by atoms with Gasteiger partial charge in [0.15, 0.2) is 6.10 Å². The zero-order valence-corrected chi connectivity index (χ0v) is 11.3. The number of rotatable bonds is 8. The number of aliphatic hydroxyl groups is 1. The molecule has 0 radical (unpaired) electrons. The van der Waals surface area contributed by atoms with Gasteiger partial charge in [-0.25, -0.2) is 4.79 Å². The Hall–Kier alpha value is -0.650. The van der Waals surface area contributed by atoms with Crippen molar-refractivity contribution < 1.29 is 19.7 Å². The van der Waals surface area contributed by atoms with E-state index in [4.69, 9.17) is 9.84 Å². The van der Waals surface area contributed by atoms with Crippen molar-refractivity contribution in [3.8, 4) is 0 Å². The van der Waals surface area contributed by atoms with Crippen LogP contribution in [-0.2, 0) is 9.53 Å². The first-order valence-corrected chi connectivity index (χ1v) is 6.76. The predicted molar refractivity (Wildman–Crippen MR) is 68.5 cm³/mol. The third-order valence-electron chi connectivity index (χ3n) is 4.09. The summed E-state index contributed by atoms with van der Waals surface area (Å²) in [4.78, 5) is 10.7. The van der Waals surface area contributed by atoms with E-state index in [9.17, 15) is 9.90 Å². The Morgan fingerprint density at radius 2 is 2.06 bits per heavy atom. The number of ether oxygens (including phenoxy) is 1. The molecule has 0 aromatic heterocycles. The molecule has 2 atom stereocenters. The molecule has 1 fully saturated rings. The standard InChI is InChI=1S/C13H25NO4/c1-3-13(4-2,9-15)8-14-7-10-5-6-11(18-10)12(16)17/h10-11,14-15H,3-9H2,1-2H3,(H,16,17). The summed E-state index contributed by atoms with van der Waals surface area (Å²) in [6, 6.07) is 0. The highest BCUT2D eigenvalue weighted by molar-refractivity contribution is 5.72. The monoisotopic (exact) mass is 259 g/mol. The van der Waals surface area contributed by atoms with Crippen molar-refractivity contribution in [1.29, 1.82) is 0 Å². The fourth-order valence-corrected chi connectivity index (χ4v) is 2.32. The van der Waals surface area contributed by atoms with E-state index in [2.05, 4.69) is 19.2 Å². The van der Waals surface area contributed by atoms with Crippen molar-refractivity contribution in [1.82, 2.24) is 5.32 Å². The lowest BCUT2D eigenvalue weighted by atomic mass is 9.83. The Morgan fingerprint density at radius 3 is 2.50 bits per heavy atom. The molecule has 5 heteroatoms. The summed E-state index contributed by atoms with van der Waals surface area (Å²) >= 11 is 0. The van der Waals surface area contributed by atoms with Crippen molar-refractivity contribution in [2.75, 3.05) is 19.7 Å². The molecular formula is C13H25NO4. The molecule has 5 nitrogen and oxygen atoms in total. The fourth-order valence-electron chi connectivity index (χ4n) is 2.32. The van der Waals surface area contributed by atoms with Gasteiger partial charge in [0, 0.05) is 25.1 Å². The fraction of sp³-hybridized carbons (Fsp3) is 0.923. The topological polar surface area (TPSA) is 78.8 Å². The van der Waals surface area contributed by atoms with E-state index in [1.165, 1.54) is 0 Å². The lowest BCUT2D eigenvalue weighted by Crippen LogP contribution is -2.39. The summed E-state index contributed by atoms with van der Waals surface area (Å²) in [6.45, 7) is 5.73. The van der Waals surface area contributed by atoms with Crippen LogP contribution in [0.1, 0.15) is 39.5 Å². The number of hydrogen-bond donors (Lipinski definition) is 3. The molecule has 18 heavy (non-hydrogen) atoms. The van der Waals surface area contributed by atoms with E-state index in [1.54, 1.807) is 0 Å². The van der Waals surface area contributed by atoms with Crippen LogP contribution in [0.3, 0.4) is 0 Å². The average molecular weight is 259 g/mol. The van der Waals surface area contributed by atoms with Crippen molar-refractivity contribution in [2.45, 2.75) is 51.7 Å². The van der Waals surface area contributed by atoms with Gasteiger partial charge in [-0.15, -0.1) is 0 Å². The molecule has 0 aliphatic carbocycles. The molecule has 2 unspecified atom stereocenters. The normalized spacial score (nSPS) is 24.4. The van der Waals surface area contributed by atoms with Crippen LogP contribution in [-0.4, -0.2) is 48.1 Å². The maximum Gasteiger partial charge on any atom is 0.332 e. The molecule has 1 saturated heterocycles. The maximum absolute atomic E-state index is 10.7. The Labute approximate surface area is 109 Å². The minimum absolute atomic E-state index is 0.0174. The molecule has 0 aromatic carbocycles. The molecule has 0 aromatic rings. The second kappa shape index (κ2) is 7.07. The van der Waals surface area contributed by atoms with Crippen LogP contribution in [0.25, 0.3) is 0 Å². The van der Waals surface area contributed by atoms with Gasteiger partial charge in [0.2, 0.25) is 0 Å². The van der Waals surface area contributed by atoms with E-state index >= 15 is 0 Å². The van der Waals surface area contributed by atoms with Gasteiger partial charge in [-0.05, 0) is 25.7 Å². The molecule has 0 amide bonds. The van der Waals surface area contributed by atoms with Gasteiger partial charge in [-0.1, -0.05) is 13.8 Å². The Morgan fingerprint density at radius 1 is 1.39 bits per heavy atom. The third kappa shape index (κ3) is 3.93. The highest BCUT2D eigenvalue weighted by atomic mass is 16.5. The quantitative estimate of drug-likeness (QED) is 0.606. The van der Waals surface area contributed by atoms with E-state index in [-0.39, 0.29) is 18.1 Å². The first-order chi connectivity index (χ1) is 8.56. The predicted octanol–water partition coefficient (Wildman–Crippen LogP) is 1.01. The SMILES string of the molecule is CCC(CC)(CO)CNCC1CCC(C(=O)O)O1. The van der Waals surface area contributed by atoms with Gasteiger partial charge >= 0.3 is 5.97 Å². The molecule has 0 saturated carbocycles. The highest BCUT2D eigenvalue weighted by Gasteiger charge is 2.31. The molecule has 106 valence electrons. The van der Waals surface area contributed by atoms with Crippen LogP contribution in [0.15, 0.2) is 0 Å². The largest absolute Gasteiger partial charge is 0.479 e. The van der Waals surface area contributed by atoms with Crippen LogP contribution in [0.2, 0.25) is 0 Å². The molecule has 0 bridgehead atoms. The van der Waals surface area contributed by atoms with Crippen LogP contribution >= 0.6 is 0 Å². The average Bonchev–Trinajstić information content (AvgIpc) is 2.84. The summed E-state index contributed by atoms with van der Waals surface area (Å²) in [6.07, 6.45) is 2.57. The minimum Gasteiger partial charge on any atom is -0.479 e. The number of carboxylic acid groups (broad SMARTS) is 1. The molecule has 3 N–H and O–H groups in total. The van der Waals surface area contributed by atoms with Crippen LogP contribution in [0.5, 0.6) is 0 Å². The number of carbonyl (C=O) groups is 1. The second-order valence-electron chi connectivity index (χ2n) is 5.16. The number of carboxylic acids is 1. The van der Waals surface area contributed by atoms with Crippen LogP contribution < -0.4 is 5.32 Å². The zero-order chi connectivity index (χ0) is 13.6. The van der Waals surface area contributed by atoms with Gasteiger partial charge in [0.1, 0.15) is 0 Å². The van der Waals surface area contributed by atoms with E-state index in [0.29, 0.717) is 13.0 Å². The first kappa shape index (κ1) is 15.4. The van der Waals surface area contributed by atoms with Gasteiger partial charge in [0.25, 0.3) is 0 Å². The van der Waals surface area contributed by atoms with Crippen LogP contribution in [0.4, 0.5) is 0 Å². The third-order valence-corrected chi connectivity index (χ3v) is 4.09. The lowest BCUT2D eigenvalue weighted by Gasteiger charge is -2.30. The van der Waals surface area contributed by atoms with Gasteiger partial charge in [0.05, 0.1) is 6.10 Å². The summed E-state index contributed by atoms with van der Waals surface area (Å²) < 4.78 is 5.41.